The second kappa shape index (κ2) is 3.39. The summed E-state index contributed by atoms with van der Waals surface area (Å²) >= 11 is 1.75. The Morgan fingerprint density at radius 3 is 2.90 bits per heavy atom. The van der Waals surface area contributed by atoms with E-state index in [9.17, 15) is 0 Å². The molecule has 0 aliphatic heterocycles. The molecular formula is C7H10N2S. The van der Waals surface area contributed by atoms with Crippen LogP contribution in [0.2, 0.25) is 0 Å². The predicted molar refractivity (Wildman–Crippen MR) is 45.4 cm³/mol. The molecular weight excluding hydrogens is 144 g/mol. The molecule has 0 aliphatic rings. The molecule has 1 aromatic rings. The first-order valence-corrected chi connectivity index (χ1v) is 3.83. The summed E-state index contributed by atoms with van der Waals surface area (Å²) in [4.78, 5) is 2.53. The molecule has 0 unspecified atom stereocenters. The first-order chi connectivity index (χ1) is 4.83. The van der Waals surface area contributed by atoms with Gasteiger partial charge in [0.2, 0.25) is 0 Å². The Hall–Kier alpha value is -0.800. The fraction of sp³-hybridized carbons (Fsp3) is 0.143. The molecule has 0 aromatic carbocycles. The van der Waals surface area contributed by atoms with E-state index in [0.717, 1.165) is 0 Å². The smallest absolute Gasteiger partial charge is 0.0287 e. The fourth-order valence-corrected chi connectivity index (χ4v) is 1.45. The van der Waals surface area contributed by atoms with Crippen LogP contribution in [0.3, 0.4) is 0 Å². The molecule has 54 valence electrons. The summed E-state index contributed by atoms with van der Waals surface area (Å²) in [5, 5.41) is 0. The molecule has 1 aromatic heterocycles. The summed E-state index contributed by atoms with van der Waals surface area (Å²) in [6.45, 7) is 2.08. The van der Waals surface area contributed by atoms with E-state index < -0.39 is 0 Å². The zero-order valence-electron chi connectivity index (χ0n) is 5.79. The Bertz CT molecular complexity index is 227. The molecule has 10 heavy (non-hydrogen) atoms. The van der Waals surface area contributed by atoms with Crippen LogP contribution in [-0.4, -0.2) is 0 Å². The van der Waals surface area contributed by atoms with Crippen molar-refractivity contribution in [3.63, 3.8) is 0 Å². The van der Waals surface area contributed by atoms with Crippen LogP contribution in [0.1, 0.15) is 9.75 Å². The molecule has 0 saturated carbocycles. The lowest BCUT2D eigenvalue weighted by molar-refractivity contribution is 0.974. The largest absolute Gasteiger partial charge is 0.331 e. The molecule has 0 fully saturated rings. The van der Waals surface area contributed by atoms with Crippen molar-refractivity contribution in [2.24, 2.45) is 5.84 Å². The average Bonchev–Trinajstić information content (AvgIpc) is 2.31. The maximum absolute atomic E-state index is 5.05. The first kappa shape index (κ1) is 7.31. The fourth-order valence-electron chi connectivity index (χ4n) is 0.673. The topological polar surface area (TPSA) is 38.0 Å². The van der Waals surface area contributed by atoms with E-state index in [1.807, 2.05) is 6.08 Å². The van der Waals surface area contributed by atoms with Crippen molar-refractivity contribution in [1.29, 1.82) is 0 Å². The lowest BCUT2D eigenvalue weighted by Gasteiger charge is -1.83. The Balaban J connectivity index is 2.67. The molecule has 3 N–H and O–H groups in total. The molecule has 0 atom stereocenters. The van der Waals surface area contributed by atoms with Gasteiger partial charge in [0.1, 0.15) is 0 Å². The van der Waals surface area contributed by atoms with Gasteiger partial charge in [-0.1, -0.05) is 0 Å². The van der Waals surface area contributed by atoms with Gasteiger partial charge in [0.25, 0.3) is 0 Å². The van der Waals surface area contributed by atoms with E-state index in [-0.39, 0.29) is 0 Å². The average molecular weight is 154 g/mol. The third-order valence-electron chi connectivity index (χ3n) is 1.10. The van der Waals surface area contributed by atoms with Gasteiger partial charge < -0.3 is 5.43 Å². The van der Waals surface area contributed by atoms with Crippen molar-refractivity contribution in [1.82, 2.24) is 5.43 Å². The highest BCUT2D eigenvalue weighted by Crippen LogP contribution is 2.15. The van der Waals surface area contributed by atoms with Crippen LogP contribution in [0, 0.1) is 6.92 Å². The third-order valence-corrected chi connectivity index (χ3v) is 2.07. The minimum atomic E-state index is 1.22. The van der Waals surface area contributed by atoms with E-state index >= 15 is 0 Å². The molecule has 0 spiro atoms. The van der Waals surface area contributed by atoms with Crippen LogP contribution in [-0.2, 0) is 0 Å². The highest BCUT2D eigenvalue weighted by Gasteiger charge is 1.88. The lowest BCUT2D eigenvalue weighted by Crippen LogP contribution is -2.12. The number of aryl methyl sites for hydroxylation is 1. The minimum absolute atomic E-state index is 1.22. The molecule has 1 heterocycles. The lowest BCUT2D eigenvalue weighted by atomic mass is 10.4. The highest BCUT2D eigenvalue weighted by atomic mass is 32.1. The number of nitrogens with one attached hydrogen (secondary N) is 1. The van der Waals surface area contributed by atoms with Crippen LogP contribution in [0.15, 0.2) is 18.3 Å². The molecule has 0 radical (unpaired) electrons. The van der Waals surface area contributed by atoms with Crippen molar-refractivity contribution in [2.75, 3.05) is 0 Å². The summed E-state index contributed by atoms with van der Waals surface area (Å²) < 4.78 is 0. The van der Waals surface area contributed by atoms with E-state index in [0.29, 0.717) is 0 Å². The number of hydrazine groups is 1. The Kier molecular flexibility index (Phi) is 2.48. The van der Waals surface area contributed by atoms with Crippen LogP contribution in [0.5, 0.6) is 0 Å². The SMILES string of the molecule is Cc1ccc(/C=C/NN)s1. The van der Waals surface area contributed by atoms with Crippen molar-refractivity contribution in [2.45, 2.75) is 6.92 Å². The van der Waals surface area contributed by atoms with E-state index in [2.05, 4.69) is 24.5 Å². The molecule has 0 amide bonds. The monoisotopic (exact) mass is 154 g/mol. The third kappa shape index (κ3) is 1.86. The van der Waals surface area contributed by atoms with Crippen LogP contribution in [0.25, 0.3) is 6.08 Å². The summed E-state index contributed by atoms with van der Waals surface area (Å²) in [6.07, 6.45) is 3.66. The Labute approximate surface area is 64.3 Å². The second-order valence-electron chi connectivity index (χ2n) is 1.95. The normalized spacial score (nSPS) is 10.6. The number of nitrogens with two attached hydrogens (primary N) is 1. The zero-order chi connectivity index (χ0) is 7.40. The van der Waals surface area contributed by atoms with Gasteiger partial charge in [0.15, 0.2) is 0 Å². The van der Waals surface area contributed by atoms with E-state index in [4.69, 9.17) is 5.84 Å². The van der Waals surface area contributed by atoms with Gasteiger partial charge in [-0.25, -0.2) is 0 Å². The van der Waals surface area contributed by atoms with Crippen molar-refractivity contribution >= 4 is 17.4 Å². The number of hydrogen-bond donors (Lipinski definition) is 2. The van der Waals surface area contributed by atoms with Gasteiger partial charge in [-0.15, -0.1) is 11.3 Å². The van der Waals surface area contributed by atoms with Crippen LogP contribution in [0.4, 0.5) is 0 Å². The molecule has 0 aliphatic carbocycles. The highest BCUT2D eigenvalue weighted by molar-refractivity contribution is 7.12. The summed E-state index contributed by atoms with van der Waals surface area (Å²) in [6, 6.07) is 4.15. The van der Waals surface area contributed by atoms with Crippen molar-refractivity contribution in [3.8, 4) is 0 Å². The van der Waals surface area contributed by atoms with Crippen LogP contribution < -0.4 is 11.3 Å². The summed E-state index contributed by atoms with van der Waals surface area (Å²) in [7, 11) is 0. The minimum Gasteiger partial charge on any atom is -0.331 e. The summed E-state index contributed by atoms with van der Waals surface area (Å²) in [5.74, 6) is 5.05. The van der Waals surface area contributed by atoms with Gasteiger partial charge >= 0.3 is 0 Å². The maximum atomic E-state index is 5.05. The molecule has 0 saturated heterocycles. The second-order valence-corrected chi connectivity index (χ2v) is 3.27. The molecule has 0 bridgehead atoms. The predicted octanol–water partition coefficient (Wildman–Crippen LogP) is 1.49. The van der Waals surface area contributed by atoms with Crippen LogP contribution >= 0.6 is 11.3 Å². The van der Waals surface area contributed by atoms with Gasteiger partial charge in [0, 0.05) is 16.0 Å². The number of hydrogen-bond acceptors (Lipinski definition) is 3. The molecule has 2 nitrogen and oxygen atoms in total. The quantitative estimate of drug-likeness (QED) is 0.500. The van der Waals surface area contributed by atoms with Gasteiger partial charge in [-0.2, -0.15) is 0 Å². The number of rotatable bonds is 2. The molecule has 3 heteroatoms. The Morgan fingerprint density at radius 1 is 1.60 bits per heavy atom. The van der Waals surface area contributed by atoms with Gasteiger partial charge in [-0.05, 0) is 25.1 Å². The van der Waals surface area contributed by atoms with Crippen molar-refractivity contribution in [3.05, 3.63) is 28.1 Å². The van der Waals surface area contributed by atoms with Gasteiger partial charge in [0.05, 0.1) is 0 Å². The van der Waals surface area contributed by atoms with E-state index in [1.165, 1.54) is 9.75 Å². The standard InChI is InChI=1S/C7H10N2S/c1-6-2-3-7(10-6)4-5-9-8/h2-5,9H,8H2,1H3/b5-4+. The zero-order valence-corrected chi connectivity index (χ0v) is 6.61. The Morgan fingerprint density at radius 2 is 2.40 bits per heavy atom. The number of thiophene rings is 1. The van der Waals surface area contributed by atoms with Crippen molar-refractivity contribution < 1.29 is 0 Å². The van der Waals surface area contributed by atoms with Gasteiger partial charge in [-0.3, -0.25) is 5.84 Å². The summed E-state index contributed by atoms with van der Waals surface area (Å²) in [5.41, 5.74) is 2.45. The van der Waals surface area contributed by atoms with E-state index in [1.54, 1.807) is 17.5 Å². The first-order valence-electron chi connectivity index (χ1n) is 3.02. The maximum Gasteiger partial charge on any atom is 0.0287 e. The molecule has 1 rings (SSSR count).